The van der Waals surface area contributed by atoms with Crippen LogP contribution in [0.4, 0.5) is 10.5 Å². The average molecular weight is 340 g/mol. The molecule has 7 heteroatoms. The van der Waals surface area contributed by atoms with E-state index in [1.54, 1.807) is 41.6 Å². The van der Waals surface area contributed by atoms with Crippen molar-refractivity contribution in [3.8, 4) is 0 Å². The number of rotatable bonds is 4. The molecule has 0 atom stereocenters. The van der Waals surface area contributed by atoms with E-state index < -0.39 is 0 Å². The highest BCUT2D eigenvalue weighted by molar-refractivity contribution is 5.95. The molecular formula is C18H20N4O3. The summed E-state index contributed by atoms with van der Waals surface area (Å²) in [5.74, 6) is -0.0177. The van der Waals surface area contributed by atoms with E-state index in [1.807, 2.05) is 12.1 Å². The van der Waals surface area contributed by atoms with Crippen LogP contribution in [-0.2, 0) is 11.3 Å². The van der Waals surface area contributed by atoms with Gasteiger partial charge in [0.1, 0.15) is 0 Å². The molecule has 1 aliphatic rings. The third-order valence-electron chi connectivity index (χ3n) is 3.86. The number of carbonyl (C=O) groups excluding carboxylic acids is 2. The van der Waals surface area contributed by atoms with Gasteiger partial charge in [0.2, 0.25) is 0 Å². The van der Waals surface area contributed by atoms with Crippen molar-refractivity contribution in [1.82, 2.24) is 15.2 Å². The second-order valence-corrected chi connectivity index (χ2v) is 5.65. The molecule has 25 heavy (non-hydrogen) atoms. The highest BCUT2D eigenvalue weighted by atomic mass is 16.5. The summed E-state index contributed by atoms with van der Waals surface area (Å²) in [6.45, 7) is 2.75. The van der Waals surface area contributed by atoms with Crippen LogP contribution in [0.1, 0.15) is 15.9 Å². The Morgan fingerprint density at radius 2 is 1.88 bits per heavy atom. The van der Waals surface area contributed by atoms with Crippen LogP contribution in [0.25, 0.3) is 0 Å². The minimum Gasteiger partial charge on any atom is -0.378 e. The number of nitrogens with zero attached hydrogens (tertiary/aromatic N) is 2. The van der Waals surface area contributed by atoms with Crippen LogP contribution in [0.5, 0.6) is 0 Å². The number of hydrogen-bond donors (Lipinski definition) is 2. The lowest BCUT2D eigenvalue weighted by molar-refractivity contribution is 0.0303. The van der Waals surface area contributed by atoms with Crippen molar-refractivity contribution < 1.29 is 14.3 Å². The first-order valence-electron chi connectivity index (χ1n) is 8.13. The lowest BCUT2D eigenvalue weighted by atomic mass is 10.1. The maximum absolute atomic E-state index is 12.4. The lowest BCUT2D eigenvalue weighted by Gasteiger charge is -2.26. The van der Waals surface area contributed by atoms with E-state index in [1.165, 1.54) is 0 Å². The molecule has 1 aromatic heterocycles. The van der Waals surface area contributed by atoms with Crippen LogP contribution < -0.4 is 10.6 Å². The molecule has 0 radical (unpaired) electrons. The summed E-state index contributed by atoms with van der Waals surface area (Å²) in [6, 6.07) is 10.3. The Hall–Kier alpha value is -2.93. The fourth-order valence-corrected chi connectivity index (χ4v) is 2.51. The number of carbonyl (C=O) groups is 2. The number of benzene rings is 1. The molecule has 1 saturated heterocycles. The van der Waals surface area contributed by atoms with E-state index in [9.17, 15) is 9.59 Å². The van der Waals surface area contributed by atoms with Gasteiger partial charge in [0.05, 0.1) is 13.2 Å². The first-order valence-corrected chi connectivity index (χ1v) is 8.13. The highest BCUT2D eigenvalue weighted by Gasteiger charge is 2.18. The Kier molecular flexibility index (Phi) is 5.58. The Bertz CT molecular complexity index is 713. The van der Waals surface area contributed by atoms with Gasteiger partial charge in [0.15, 0.2) is 0 Å². The first kappa shape index (κ1) is 16.9. The van der Waals surface area contributed by atoms with Crippen molar-refractivity contribution in [3.63, 3.8) is 0 Å². The van der Waals surface area contributed by atoms with E-state index >= 15 is 0 Å². The van der Waals surface area contributed by atoms with Gasteiger partial charge in [0, 0.05) is 43.3 Å². The fraction of sp³-hybridized carbons (Fsp3) is 0.278. The van der Waals surface area contributed by atoms with Crippen LogP contribution in [0, 0.1) is 0 Å². The van der Waals surface area contributed by atoms with E-state index in [-0.39, 0.29) is 11.9 Å². The van der Waals surface area contributed by atoms with Gasteiger partial charge in [-0.2, -0.15) is 0 Å². The Morgan fingerprint density at radius 3 is 2.56 bits per heavy atom. The highest BCUT2D eigenvalue weighted by Crippen LogP contribution is 2.12. The molecule has 2 N–H and O–H groups in total. The molecule has 0 unspecified atom stereocenters. The number of anilines is 1. The Balaban J connectivity index is 1.51. The van der Waals surface area contributed by atoms with Crippen LogP contribution in [0.15, 0.2) is 48.8 Å². The van der Waals surface area contributed by atoms with E-state index in [0.717, 1.165) is 5.56 Å². The normalized spacial score (nSPS) is 14.0. The molecule has 3 rings (SSSR count). The van der Waals surface area contributed by atoms with Gasteiger partial charge in [0.25, 0.3) is 5.91 Å². The quantitative estimate of drug-likeness (QED) is 0.890. The van der Waals surface area contributed by atoms with Gasteiger partial charge in [-0.15, -0.1) is 0 Å². The number of nitrogens with one attached hydrogen (secondary N) is 2. The van der Waals surface area contributed by atoms with Crippen LogP contribution in [-0.4, -0.2) is 48.1 Å². The predicted molar refractivity (Wildman–Crippen MR) is 93.3 cm³/mol. The minimum atomic E-state index is -0.309. The molecule has 0 bridgehead atoms. The largest absolute Gasteiger partial charge is 0.378 e. The first-order chi connectivity index (χ1) is 12.2. The molecule has 0 spiro atoms. The summed E-state index contributed by atoms with van der Waals surface area (Å²) < 4.78 is 5.25. The Labute approximate surface area is 146 Å². The SMILES string of the molecule is O=C(NCc1cccnc1)Nc1ccc(C(=O)N2CCOCC2)cc1. The van der Waals surface area contributed by atoms with Gasteiger partial charge >= 0.3 is 6.03 Å². The zero-order chi connectivity index (χ0) is 17.5. The monoisotopic (exact) mass is 340 g/mol. The summed E-state index contributed by atoms with van der Waals surface area (Å²) >= 11 is 0. The van der Waals surface area contributed by atoms with Crippen LogP contribution in [0.3, 0.4) is 0 Å². The van der Waals surface area contributed by atoms with Crippen LogP contribution >= 0.6 is 0 Å². The summed E-state index contributed by atoms with van der Waals surface area (Å²) in [4.78, 5) is 30.0. The number of pyridine rings is 1. The number of hydrogen-bond acceptors (Lipinski definition) is 4. The van der Waals surface area contributed by atoms with E-state index in [0.29, 0.717) is 44.1 Å². The molecule has 3 amide bonds. The second-order valence-electron chi connectivity index (χ2n) is 5.65. The standard InChI is InChI=1S/C18H20N4O3/c23-17(22-8-10-25-11-9-22)15-3-5-16(6-4-15)21-18(24)20-13-14-2-1-7-19-12-14/h1-7,12H,8-11,13H2,(H2,20,21,24). The fourth-order valence-electron chi connectivity index (χ4n) is 2.51. The van der Waals surface area contributed by atoms with Gasteiger partial charge in [-0.3, -0.25) is 9.78 Å². The molecule has 130 valence electrons. The third kappa shape index (κ3) is 4.77. The minimum absolute atomic E-state index is 0.0177. The van der Waals surface area contributed by atoms with Crippen LogP contribution in [0.2, 0.25) is 0 Å². The number of morpholine rings is 1. The molecule has 1 fully saturated rings. The van der Waals surface area contributed by atoms with Crippen molar-refractivity contribution in [1.29, 1.82) is 0 Å². The zero-order valence-electron chi connectivity index (χ0n) is 13.8. The van der Waals surface area contributed by atoms with Gasteiger partial charge in [-0.1, -0.05) is 6.07 Å². The molecular weight excluding hydrogens is 320 g/mol. The third-order valence-corrected chi connectivity index (χ3v) is 3.86. The zero-order valence-corrected chi connectivity index (χ0v) is 13.8. The maximum Gasteiger partial charge on any atom is 0.319 e. The topological polar surface area (TPSA) is 83.6 Å². The van der Waals surface area contributed by atoms with E-state index in [2.05, 4.69) is 15.6 Å². The van der Waals surface area contributed by atoms with Crippen molar-refractivity contribution in [2.75, 3.05) is 31.6 Å². The average Bonchev–Trinajstić information content (AvgIpc) is 2.68. The van der Waals surface area contributed by atoms with Gasteiger partial charge in [-0.05, 0) is 35.9 Å². The molecule has 0 saturated carbocycles. The summed E-state index contributed by atoms with van der Waals surface area (Å²) in [6.07, 6.45) is 3.38. The number of amides is 3. The predicted octanol–water partition coefficient (Wildman–Crippen LogP) is 1.88. The molecule has 1 aromatic carbocycles. The molecule has 2 aromatic rings. The summed E-state index contributed by atoms with van der Waals surface area (Å²) in [5.41, 5.74) is 2.15. The van der Waals surface area contributed by atoms with Gasteiger partial charge < -0.3 is 20.3 Å². The lowest BCUT2D eigenvalue weighted by Crippen LogP contribution is -2.40. The molecule has 1 aliphatic heterocycles. The number of aromatic nitrogens is 1. The van der Waals surface area contributed by atoms with Crippen molar-refractivity contribution in [2.45, 2.75) is 6.54 Å². The van der Waals surface area contributed by atoms with Crippen molar-refractivity contribution in [2.24, 2.45) is 0 Å². The number of urea groups is 1. The summed E-state index contributed by atoms with van der Waals surface area (Å²) in [5, 5.41) is 5.50. The van der Waals surface area contributed by atoms with Gasteiger partial charge in [-0.25, -0.2) is 4.79 Å². The smallest absolute Gasteiger partial charge is 0.319 e. The maximum atomic E-state index is 12.4. The molecule has 7 nitrogen and oxygen atoms in total. The molecule has 2 heterocycles. The van der Waals surface area contributed by atoms with Crippen molar-refractivity contribution >= 4 is 17.6 Å². The summed E-state index contributed by atoms with van der Waals surface area (Å²) in [7, 11) is 0. The Morgan fingerprint density at radius 1 is 1.12 bits per heavy atom. The number of ether oxygens (including phenoxy) is 1. The van der Waals surface area contributed by atoms with E-state index in [4.69, 9.17) is 4.74 Å². The second kappa shape index (κ2) is 8.25. The molecule has 0 aliphatic carbocycles. The van der Waals surface area contributed by atoms with Crippen molar-refractivity contribution in [3.05, 3.63) is 59.9 Å².